The highest BCUT2D eigenvalue weighted by Crippen LogP contribution is 2.14. The number of benzene rings is 2. The molecule has 0 unspecified atom stereocenters. The Hall–Kier alpha value is -1.16. The Bertz CT molecular complexity index is 654. The van der Waals surface area contributed by atoms with Crippen LogP contribution in [0.4, 0.5) is 0 Å². The van der Waals surface area contributed by atoms with Gasteiger partial charge in [0.25, 0.3) is 0 Å². The number of ether oxygens (including phenoxy) is 2. The van der Waals surface area contributed by atoms with Gasteiger partial charge in [-0.2, -0.15) is 0 Å². The lowest BCUT2D eigenvalue weighted by Gasteiger charge is -2.08. The highest BCUT2D eigenvalue weighted by atomic mass is 127. The molecule has 0 radical (unpaired) electrons. The van der Waals surface area contributed by atoms with Gasteiger partial charge in [0.1, 0.15) is 13.2 Å². The largest absolute Gasteiger partial charge is 0.461 e. The minimum absolute atomic E-state index is 0.0220. The predicted octanol–water partition coefficient (Wildman–Crippen LogP) is 4.46. The molecule has 126 valence electrons. The summed E-state index contributed by atoms with van der Waals surface area (Å²) in [6.07, 6.45) is 0.0439. The lowest BCUT2D eigenvalue weighted by atomic mass is 10.2. The van der Waals surface area contributed by atoms with Crippen LogP contribution < -0.4 is 0 Å². The number of carbonyl (C=O) groups is 2. The zero-order valence-corrected chi connectivity index (χ0v) is 17.2. The Kier molecular flexibility index (Phi) is 7.97. The SMILES string of the molecule is O=C(CCC(=O)OCc1ccccc1I)OCc1ccccc1I. The molecule has 0 aliphatic carbocycles. The Morgan fingerprint density at radius 1 is 0.708 bits per heavy atom. The molecule has 0 bridgehead atoms. The summed E-state index contributed by atoms with van der Waals surface area (Å²) in [6.45, 7) is 0.435. The molecule has 0 saturated heterocycles. The monoisotopic (exact) mass is 550 g/mol. The molecular weight excluding hydrogens is 534 g/mol. The zero-order chi connectivity index (χ0) is 17.4. The van der Waals surface area contributed by atoms with Crippen LogP contribution in [0.1, 0.15) is 24.0 Å². The third-order valence-electron chi connectivity index (χ3n) is 3.23. The van der Waals surface area contributed by atoms with Gasteiger partial charge in [0, 0.05) is 18.3 Å². The number of carbonyl (C=O) groups excluding carboxylic acids is 2. The van der Waals surface area contributed by atoms with Crippen molar-refractivity contribution in [3.63, 3.8) is 0 Å². The predicted molar refractivity (Wildman–Crippen MR) is 107 cm³/mol. The van der Waals surface area contributed by atoms with Crippen molar-refractivity contribution >= 4 is 57.1 Å². The minimum Gasteiger partial charge on any atom is -0.461 e. The maximum Gasteiger partial charge on any atom is 0.306 e. The van der Waals surface area contributed by atoms with E-state index in [1.165, 1.54) is 0 Å². The van der Waals surface area contributed by atoms with Crippen molar-refractivity contribution in [1.29, 1.82) is 0 Å². The summed E-state index contributed by atoms with van der Waals surface area (Å²) in [7, 11) is 0. The number of hydrogen-bond donors (Lipinski definition) is 0. The third-order valence-corrected chi connectivity index (χ3v) is 5.33. The Morgan fingerprint density at radius 2 is 1.08 bits per heavy atom. The second kappa shape index (κ2) is 9.97. The molecule has 0 aliphatic heterocycles. The van der Waals surface area contributed by atoms with Crippen LogP contribution in [0.15, 0.2) is 48.5 Å². The molecule has 0 saturated carbocycles. The fraction of sp³-hybridized carbons (Fsp3) is 0.222. The first-order chi connectivity index (χ1) is 11.6. The fourth-order valence-electron chi connectivity index (χ4n) is 1.90. The van der Waals surface area contributed by atoms with Crippen molar-refractivity contribution in [2.45, 2.75) is 26.1 Å². The van der Waals surface area contributed by atoms with E-state index < -0.39 is 11.9 Å². The lowest BCUT2D eigenvalue weighted by molar-refractivity contribution is -0.151. The van der Waals surface area contributed by atoms with Crippen LogP contribution in [0, 0.1) is 7.14 Å². The minimum atomic E-state index is -0.402. The summed E-state index contributed by atoms with van der Waals surface area (Å²) in [4.78, 5) is 23.5. The van der Waals surface area contributed by atoms with E-state index in [9.17, 15) is 9.59 Å². The molecule has 24 heavy (non-hydrogen) atoms. The third kappa shape index (κ3) is 6.39. The van der Waals surface area contributed by atoms with Crippen molar-refractivity contribution < 1.29 is 19.1 Å². The summed E-state index contributed by atoms with van der Waals surface area (Å²) < 4.78 is 12.5. The Labute approximate surface area is 168 Å². The molecule has 0 atom stereocenters. The summed E-state index contributed by atoms with van der Waals surface area (Å²) in [5.41, 5.74) is 1.90. The van der Waals surface area contributed by atoms with Crippen molar-refractivity contribution in [3.8, 4) is 0 Å². The standard InChI is InChI=1S/C18H16I2O4/c19-15-7-3-1-5-13(15)11-23-17(21)9-10-18(22)24-12-14-6-2-4-8-16(14)20/h1-8H,9-12H2. The first kappa shape index (κ1) is 19.2. The Morgan fingerprint density at radius 3 is 1.46 bits per heavy atom. The molecule has 0 N–H and O–H groups in total. The Balaban J connectivity index is 1.69. The number of hydrogen-bond acceptors (Lipinski definition) is 4. The fourth-order valence-corrected chi connectivity index (χ4v) is 2.98. The van der Waals surface area contributed by atoms with Crippen LogP contribution in [0.5, 0.6) is 0 Å². The van der Waals surface area contributed by atoms with E-state index >= 15 is 0 Å². The topological polar surface area (TPSA) is 52.6 Å². The smallest absolute Gasteiger partial charge is 0.306 e. The maximum absolute atomic E-state index is 11.7. The highest BCUT2D eigenvalue weighted by Gasteiger charge is 2.11. The van der Waals surface area contributed by atoms with Crippen LogP contribution in [-0.4, -0.2) is 11.9 Å². The van der Waals surface area contributed by atoms with E-state index in [0.29, 0.717) is 0 Å². The van der Waals surface area contributed by atoms with Crippen molar-refractivity contribution in [2.75, 3.05) is 0 Å². The van der Waals surface area contributed by atoms with Crippen LogP contribution in [0.2, 0.25) is 0 Å². The van der Waals surface area contributed by atoms with Gasteiger partial charge in [-0.1, -0.05) is 36.4 Å². The van der Waals surface area contributed by atoms with Crippen LogP contribution in [0.25, 0.3) is 0 Å². The van der Waals surface area contributed by atoms with Gasteiger partial charge in [-0.25, -0.2) is 0 Å². The van der Waals surface area contributed by atoms with Crippen LogP contribution >= 0.6 is 45.2 Å². The van der Waals surface area contributed by atoms with Crippen molar-refractivity contribution in [3.05, 3.63) is 66.8 Å². The number of halogens is 2. The van der Waals surface area contributed by atoms with E-state index in [2.05, 4.69) is 45.2 Å². The maximum atomic E-state index is 11.7. The molecule has 6 heteroatoms. The van der Waals surface area contributed by atoms with Gasteiger partial charge >= 0.3 is 11.9 Å². The van der Waals surface area contributed by atoms with Gasteiger partial charge in [-0.15, -0.1) is 0 Å². The van der Waals surface area contributed by atoms with E-state index in [1.54, 1.807) is 0 Å². The van der Waals surface area contributed by atoms with Crippen molar-refractivity contribution in [1.82, 2.24) is 0 Å². The van der Waals surface area contributed by atoms with Crippen LogP contribution in [0.3, 0.4) is 0 Å². The zero-order valence-electron chi connectivity index (χ0n) is 12.8. The first-order valence-electron chi connectivity index (χ1n) is 7.34. The lowest BCUT2D eigenvalue weighted by Crippen LogP contribution is -2.11. The molecule has 2 aromatic rings. The van der Waals surface area contributed by atoms with Gasteiger partial charge < -0.3 is 9.47 Å². The van der Waals surface area contributed by atoms with E-state index in [1.807, 2.05) is 48.5 Å². The molecule has 2 aromatic carbocycles. The molecule has 2 rings (SSSR count). The first-order valence-corrected chi connectivity index (χ1v) is 9.50. The van der Waals surface area contributed by atoms with E-state index in [0.717, 1.165) is 18.3 Å². The quantitative estimate of drug-likeness (QED) is 0.378. The molecular formula is C18H16I2O4. The summed E-state index contributed by atoms with van der Waals surface area (Å²) >= 11 is 4.38. The average Bonchev–Trinajstić information content (AvgIpc) is 2.58. The highest BCUT2D eigenvalue weighted by molar-refractivity contribution is 14.1. The average molecular weight is 550 g/mol. The molecule has 0 spiro atoms. The van der Waals surface area contributed by atoms with Gasteiger partial charge in [-0.05, 0) is 57.3 Å². The molecule has 0 fully saturated rings. The van der Waals surface area contributed by atoms with Gasteiger partial charge in [0.15, 0.2) is 0 Å². The molecule has 0 amide bonds. The summed E-state index contributed by atoms with van der Waals surface area (Å²) in [6, 6.07) is 15.4. The molecule has 4 nitrogen and oxygen atoms in total. The normalized spacial score (nSPS) is 10.2. The van der Waals surface area contributed by atoms with Gasteiger partial charge in [0.2, 0.25) is 0 Å². The van der Waals surface area contributed by atoms with Gasteiger partial charge in [0.05, 0.1) is 12.8 Å². The second-order valence-corrected chi connectivity index (χ2v) is 7.33. The number of rotatable bonds is 7. The summed E-state index contributed by atoms with van der Waals surface area (Å²) in [5.74, 6) is -0.804. The molecule has 0 heterocycles. The summed E-state index contributed by atoms with van der Waals surface area (Å²) in [5, 5.41) is 0. The molecule has 0 aliphatic rings. The van der Waals surface area contributed by atoms with Gasteiger partial charge in [-0.3, -0.25) is 9.59 Å². The van der Waals surface area contributed by atoms with Crippen molar-refractivity contribution in [2.24, 2.45) is 0 Å². The second-order valence-electron chi connectivity index (χ2n) is 5.00. The molecule has 0 aromatic heterocycles. The van der Waals surface area contributed by atoms with E-state index in [-0.39, 0.29) is 26.1 Å². The number of esters is 2. The van der Waals surface area contributed by atoms with E-state index in [4.69, 9.17) is 9.47 Å². The van der Waals surface area contributed by atoms with Crippen LogP contribution in [-0.2, 0) is 32.3 Å².